The first kappa shape index (κ1) is 35.2. The fourth-order valence-corrected chi connectivity index (χ4v) is 3.06. The SMILES string of the molecule is C=C/C1=C(\C=C/C)CN(C(=O)CCN)c2ccccc2-c2n[nH]nc21.CC.CC.CC(C)C.CCC. The summed E-state index contributed by atoms with van der Waals surface area (Å²) in [5.41, 5.74) is 10.5. The molecule has 1 aromatic carbocycles. The lowest BCUT2D eigenvalue weighted by Crippen LogP contribution is -2.35. The molecule has 3 rings (SSSR count). The third-order valence-corrected chi connectivity index (χ3v) is 4.16. The highest BCUT2D eigenvalue weighted by atomic mass is 16.2. The van der Waals surface area contributed by atoms with Crippen LogP contribution in [0.2, 0.25) is 0 Å². The van der Waals surface area contributed by atoms with Crippen molar-refractivity contribution >= 4 is 17.2 Å². The van der Waals surface area contributed by atoms with Crippen LogP contribution in [-0.4, -0.2) is 34.4 Å². The topological polar surface area (TPSA) is 87.9 Å². The van der Waals surface area contributed by atoms with E-state index in [1.54, 1.807) is 11.0 Å². The zero-order chi connectivity index (χ0) is 28.1. The minimum Gasteiger partial charge on any atom is -0.330 e. The van der Waals surface area contributed by atoms with E-state index in [4.69, 9.17) is 5.73 Å². The first-order valence-electron chi connectivity index (χ1n) is 13.3. The van der Waals surface area contributed by atoms with Crippen LogP contribution in [0.15, 0.2) is 54.6 Å². The highest BCUT2D eigenvalue weighted by Gasteiger charge is 2.27. The summed E-state index contributed by atoms with van der Waals surface area (Å²) in [7, 11) is 0. The Kier molecular flexibility index (Phi) is 20.8. The highest BCUT2D eigenvalue weighted by Crippen LogP contribution is 2.38. The molecule has 0 unspecified atom stereocenters. The first-order chi connectivity index (χ1) is 17.4. The van der Waals surface area contributed by atoms with Gasteiger partial charge in [0.15, 0.2) is 0 Å². The average Bonchev–Trinajstić information content (AvgIpc) is 3.34. The van der Waals surface area contributed by atoms with Crippen LogP contribution >= 0.6 is 0 Å². The molecule has 0 saturated heterocycles. The number of H-pyrrole nitrogens is 1. The lowest BCUT2D eigenvalue weighted by Gasteiger charge is -2.28. The second kappa shape index (κ2) is 21.3. The number of fused-ring (bicyclic) bond motifs is 3. The van der Waals surface area contributed by atoms with E-state index in [1.165, 1.54) is 6.42 Å². The van der Waals surface area contributed by atoms with E-state index in [9.17, 15) is 4.79 Å². The van der Waals surface area contributed by atoms with E-state index in [0.29, 0.717) is 18.8 Å². The van der Waals surface area contributed by atoms with Gasteiger partial charge >= 0.3 is 0 Å². The Bertz CT molecular complexity index is 922. The molecular weight excluding hydrogens is 446 g/mol. The Morgan fingerprint density at radius 3 is 2.14 bits per heavy atom. The lowest BCUT2D eigenvalue weighted by atomic mass is 9.95. The van der Waals surface area contributed by atoms with E-state index < -0.39 is 0 Å². The van der Waals surface area contributed by atoms with Crippen molar-refractivity contribution in [2.24, 2.45) is 11.7 Å². The molecule has 202 valence electrons. The van der Waals surface area contributed by atoms with Crippen molar-refractivity contribution in [3.8, 4) is 11.3 Å². The number of nitrogens with zero attached hydrogens (tertiary/aromatic N) is 3. The average molecular weight is 498 g/mol. The number of carbonyl (C=O) groups excluding carboxylic acids is 1. The summed E-state index contributed by atoms with van der Waals surface area (Å²) in [5.74, 6) is 0.812. The zero-order valence-electron chi connectivity index (χ0n) is 24.5. The number of amides is 1. The predicted molar refractivity (Wildman–Crippen MR) is 159 cm³/mol. The molecule has 1 aromatic heterocycles. The first-order valence-corrected chi connectivity index (χ1v) is 13.3. The summed E-state index contributed by atoms with van der Waals surface area (Å²) in [6.07, 6.45) is 7.21. The van der Waals surface area contributed by atoms with E-state index in [0.717, 1.165) is 34.0 Å². The maximum absolute atomic E-state index is 12.8. The van der Waals surface area contributed by atoms with Crippen LogP contribution in [0.25, 0.3) is 16.8 Å². The van der Waals surface area contributed by atoms with E-state index in [2.05, 4.69) is 56.6 Å². The van der Waals surface area contributed by atoms with Gasteiger partial charge in [0.1, 0.15) is 11.4 Å². The van der Waals surface area contributed by atoms with Crippen LogP contribution in [-0.2, 0) is 4.79 Å². The molecule has 0 aliphatic carbocycles. The molecule has 0 fully saturated rings. The Morgan fingerprint density at radius 2 is 1.64 bits per heavy atom. The summed E-state index contributed by atoms with van der Waals surface area (Å²) < 4.78 is 0. The van der Waals surface area contributed by atoms with E-state index in [-0.39, 0.29) is 12.3 Å². The van der Waals surface area contributed by atoms with Crippen LogP contribution in [0, 0.1) is 5.92 Å². The van der Waals surface area contributed by atoms with Gasteiger partial charge in [-0.2, -0.15) is 15.4 Å². The Balaban J connectivity index is 0. The predicted octanol–water partition coefficient (Wildman–Crippen LogP) is 7.81. The number of nitrogens with one attached hydrogen (secondary N) is 1. The number of hydrogen-bond donors (Lipinski definition) is 2. The number of para-hydroxylation sites is 1. The molecule has 0 bridgehead atoms. The molecule has 36 heavy (non-hydrogen) atoms. The number of aromatic nitrogens is 3. The van der Waals surface area contributed by atoms with Crippen molar-refractivity contribution in [3.63, 3.8) is 0 Å². The quantitative estimate of drug-likeness (QED) is 0.451. The van der Waals surface area contributed by atoms with Crippen molar-refractivity contribution in [1.82, 2.24) is 15.4 Å². The third-order valence-electron chi connectivity index (χ3n) is 4.16. The fourth-order valence-electron chi connectivity index (χ4n) is 3.06. The van der Waals surface area contributed by atoms with Crippen molar-refractivity contribution in [2.45, 2.75) is 82.1 Å². The monoisotopic (exact) mass is 497 g/mol. The van der Waals surface area contributed by atoms with Gasteiger partial charge in [-0.1, -0.05) is 112 Å². The van der Waals surface area contributed by atoms with Crippen LogP contribution in [0.4, 0.5) is 5.69 Å². The van der Waals surface area contributed by atoms with Crippen LogP contribution in [0.1, 0.15) is 87.8 Å². The van der Waals surface area contributed by atoms with Crippen LogP contribution < -0.4 is 10.6 Å². The molecule has 3 N–H and O–H groups in total. The zero-order valence-corrected chi connectivity index (χ0v) is 24.5. The number of rotatable bonds is 4. The molecule has 2 aromatic rings. The molecule has 0 spiro atoms. The summed E-state index contributed by atoms with van der Waals surface area (Å²) in [4.78, 5) is 14.5. The van der Waals surface area contributed by atoms with E-state index in [1.807, 2.05) is 71.0 Å². The highest BCUT2D eigenvalue weighted by molar-refractivity contribution is 6.01. The lowest BCUT2D eigenvalue weighted by molar-refractivity contribution is -0.118. The summed E-state index contributed by atoms with van der Waals surface area (Å²) in [5, 5.41) is 11.4. The number of nitrogens with two attached hydrogens (primary N) is 1. The smallest absolute Gasteiger partial charge is 0.228 e. The van der Waals surface area contributed by atoms with Crippen molar-refractivity contribution in [1.29, 1.82) is 0 Å². The molecule has 1 aliphatic rings. The van der Waals surface area contributed by atoms with Gasteiger partial charge < -0.3 is 10.6 Å². The van der Waals surface area contributed by atoms with Gasteiger partial charge in [0.25, 0.3) is 0 Å². The molecule has 6 heteroatoms. The Morgan fingerprint density at radius 1 is 1.11 bits per heavy atom. The number of carbonyl (C=O) groups is 1. The Labute approximate surface area is 220 Å². The molecule has 0 atom stereocenters. The molecule has 1 amide bonds. The minimum atomic E-state index is -0.0210. The van der Waals surface area contributed by atoms with Gasteiger partial charge in [0.2, 0.25) is 5.91 Å². The number of aromatic amines is 1. The van der Waals surface area contributed by atoms with Gasteiger partial charge in [-0.05, 0) is 24.5 Å². The van der Waals surface area contributed by atoms with Gasteiger partial charge in [0.05, 0.1) is 12.2 Å². The molecule has 1 aliphatic heterocycles. The van der Waals surface area contributed by atoms with Crippen molar-refractivity contribution < 1.29 is 4.79 Å². The van der Waals surface area contributed by atoms with Crippen molar-refractivity contribution in [3.05, 3.63) is 60.3 Å². The van der Waals surface area contributed by atoms with Crippen LogP contribution in [0.5, 0.6) is 0 Å². The fraction of sp³-hybridized carbons (Fsp3) is 0.500. The molecule has 0 saturated carbocycles. The number of anilines is 1. The van der Waals surface area contributed by atoms with Crippen LogP contribution in [0.3, 0.4) is 0 Å². The molecular formula is C30H51N5O. The second-order valence-corrected chi connectivity index (χ2v) is 8.14. The minimum absolute atomic E-state index is 0.0210. The van der Waals surface area contributed by atoms with Crippen molar-refractivity contribution in [2.75, 3.05) is 18.0 Å². The van der Waals surface area contributed by atoms with Gasteiger partial charge in [-0.3, -0.25) is 4.79 Å². The maximum atomic E-state index is 12.8. The van der Waals surface area contributed by atoms with Gasteiger partial charge in [-0.15, -0.1) is 0 Å². The normalized spacial score (nSPS) is 13.6. The summed E-state index contributed by atoms with van der Waals surface area (Å²) in [6, 6.07) is 7.71. The van der Waals surface area contributed by atoms with Gasteiger partial charge in [-0.25, -0.2) is 0 Å². The molecule has 0 radical (unpaired) electrons. The largest absolute Gasteiger partial charge is 0.330 e. The standard InChI is InChI=1S/C19H21N5O.C4H10.C3H8.2C2H6/c1-3-7-13-12-24(17(25)10-11-20)16-9-6-5-8-15(16)19-18(14(13)4-2)21-23-22-19;1-4(2)3;1-3-2;2*1-2/h3-9H,2,10-12,20H2,1H3,(H,21,22,23);4H,1-3H3;3H2,1-2H3;2*1-2H3/b7-3-,14-13-;;;;. The summed E-state index contributed by atoms with van der Waals surface area (Å²) >= 11 is 0. The maximum Gasteiger partial charge on any atom is 0.228 e. The second-order valence-electron chi connectivity index (χ2n) is 8.14. The molecule has 2 heterocycles. The number of allylic oxidation sites excluding steroid dienone is 3. The number of benzene rings is 1. The Hall–Kier alpha value is -2.99. The van der Waals surface area contributed by atoms with Gasteiger partial charge in [0, 0.05) is 24.1 Å². The third kappa shape index (κ3) is 11.2. The summed E-state index contributed by atoms with van der Waals surface area (Å²) in [6.45, 7) is 25.4. The number of hydrogen-bond acceptors (Lipinski definition) is 4. The van der Waals surface area contributed by atoms with E-state index >= 15 is 0 Å². The molecule has 6 nitrogen and oxygen atoms in total.